The van der Waals surface area contributed by atoms with E-state index in [1.807, 2.05) is 48.5 Å². The van der Waals surface area contributed by atoms with Crippen molar-refractivity contribution in [3.8, 4) is 22.9 Å². The van der Waals surface area contributed by atoms with Crippen molar-refractivity contribution in [2.24, 2.45) is 0 Å². The molecule has 0 unspecified atom stereocenters. The molecule has 0 fully saturated rings. The molecule has 0 saturated carbocycles. The zero-order valence-electron chi connectivity index (χ0n) is 16.3. The Morgan fingerprint density at radius 2 is 1.50 bits per heavy atom. The van der Waals surface area contributed by atoms with Crippen LogP contribution in [-0.4, -0.2) is 31.4 Å². The fourth-order valence-electron chi connectivity index (χ4n) is 2.46. The zero-order chi connectivity index (χ0) is 20.6. The number of hydrogen-bond donors (Lipinski definition) is 1. The van der Waals surface area contributed by atoms with Crippen molar-refractivity contribution in [3.05, 3.63) is 66.7 Å². The highest BCUT2D eigenvalue weighted by molar-refractivity contribution is 5.81. The summed E-state index contributed by atoms with van der Waals surface area (Å²) in [6.45, 7) is 4.47. The third-order valence-electron chi connectivity index (χ3n) is 3.92. The van der Waals surface area contributed by atoms with Gasteiger partial charge in [-0.3, -0.25) is 0 Å². The van der Waals surface area contributed by atoms with Gasteiger partial charge in [0.05, 0.1) is 24.8 Å². The number of esters is 1. The van der Waals surface area contributed by atoms with Crippen molar-refractivity contribution in [2.45, 2.75) is 25.7 Å². The third kappa shape index (κ3) is 8.52. The van der Waals surface area contributed by atoms with E-state index in [9.17, 15) is 4.79 Å². The number of aliphatic hydroxyl groups is 1. The predicted octanol–water partition coefficient (Wildman–Crippen LogP) is 4.50. The average molecular weight is 381 g/mol. The van der Waals surface area contributed by atoms with Gasteiger partial charge in [0.25, 0.3) is 0 Å². The first-order chi connectivity index (χ1) is 13.7. The quantitative estimate of drug-likeness (QED) is 0.372. The fourth-order valence-corrected chi connectivity index (χ4v) is 2.46. The number of carbonyl (C=O) groups is 1. The van der Waals surface area contributed by atoms with E-state index in [2.05, 4.69) is 12.6 Å². The highest BCUT2D eigenvalue weighted by Crippen LogP contribution is 2.23. The van der Waals surface area contributed by atoms with Crippen LogP contribution in [0.15, 0.2) is 61.2 Å². The standard InChI is InChI=1S/C22H23NO3.CH4O/c1-2-22(24)26-16-6-4-3-5-15-25-21-13-11-20(12-14-21)19-9-7-18(17-23)8-10-19;1-2/h2,7-14H,1,3-6,15-16H2;2H,1H3. The third-order valence-corrected chi connectivity index (χ3v) is 3.92. The molecule has 2 aromatic rings. The van der Waals surface area contributed by atoms with Crippen molar-refractivity contribution in [2.75, 3.05) is 20.3 Å². The summed E-state index contributed by atoms with van der Waals surface area (Å²) in [6, 6.07) is 17.6. The van der Waals surface area contributed by atoms with Crippen LogP contribution in [0.4, 0.5) is 0 Å². The van der Waals surface area contributed by atoms with Gasteiger partial charge < -0.3 is 14.6 Å². The second kappa shape index (κ2) is 14.0. The molecule has 0 heterocycles. The number of unbranched alkanes of at least 4 members (excludes halogenated alkanes) is 3. The Kier molecular flexibility index (Phi) is 11.5. The largest absolute Gasteiger partial charge is 0.494 e. The lowest BCUT2D eigenvalue weighted by Gasteiger charge is -2.08. The summed E-state index contributed by atoms with van der Waals surface area (Å²) >= 11 is 0. The first-order valence-corrected chi connectivity index (χ1v) is 9.20. The number of nitrogens with zero attached hydrogens (tertiary/aromatic N) is 1. The monoisotopic (exact) mass is 381 g/mol. The summed E-state index contributed by atoms with van der Waals surface area (Å²) in [5.41, 5.74) is 2.83. The van der Waals surface area contributed by atoms with Crippen molar-refractivity contribution < 1.29 is 19.4 Å². The van der Waals surface area contributed by atoms with E-state index in [4.69, 9.17) is 19.8 Å². The highest BCUT2D eigenvalue weighted by Gasteiger charge is 2.00. The number of aliphatic hydroxyl groups excluding tert-OH is 1. The normalized spacial score (nSPS) is 9.46. The summed E-state index contributed by atoms with van der Waals surface area (Å²) in [5, 5.41) is 15.8. The molecule has 0 saturated heterocycles. The van der Waals surface area contributed by atoms with E-state index in [1.54, 1.807) is 0 Å². The molecule has 0 spiro atoms. The first-order valence-electron chi connectivity index (χ1n) is 9.20. The van der Waals surface area contributed by atoms with Crippen LogP contribution < -0.4 is 4.74 Å². The molecule has 0 radical (unpaired) electrons. The Bertz CT molecular complexity index is 746. The van der Waals surface area contributed by atoms with Gasteiger partial charge in [0.15, 0.2) is 0 Å². The molecule has 0 aliphatic carbocycles. The molecule has 0 bridgehead atoms. The van der Waals surface area contributed by atoms with E-state index >= 15 is 0 Å². The molecule has 0 atom stereocenters. The van der Waals surface area contributed by atoms with Crippen molar-refractivity contribution >= 4 is 5.97 Å². The van der Waals surface area contributed by atoms with E-state index in [0.29, 0.717) is 18.8 Å². The van der Waals surface area contributed by atoms with Gasteiger partial charge >= 0.3 is 5.97 Å². The second-order valence-electron chi connectivity index (χ2n) is 5.85. The molecule has 2 aromatic carbocycles. The van der Waals surface area contributed by atoms with Gasteiger partial charge in [-0.15, -0.1) is 0 Å². The molecule has 5 heteroatoms. The summed E-state index contributed by atoms with van der Waals surface area (Å²) in [5.74, 6) is 0.486. The molecule has 0 amide bonds. The summed E-state index contributed by atoms with van der Waals surface area (Å²) in [7, 11) is 1.00. The van der Waals surface area contributed by atoms with Gasteiger partial charge in [-0.1, -0.05) is 30.8 Å². The minimum absolute atomic E-state index is 0.363. The van der Waals surface area contributed by atoms with Gasteiger partial charge in [0, 0.05) is 13.2 Å². The number of ether oxygens (including phenoxy) is 2. The highest BCUT2D eigenvalue weighted by atomic mass is 16.5. The first kappa shape index (κ1) is 22.9. The van der Waals surface area contributed by atoms with E-state index in [-0.39, 0.29) is 5.97 Å². The molecule has 0 aliphatic rings. The lowest BCUT2D eigenvalue weighted by Crippen LogP contribution is -2.02. The van der Waals surface area contributed by atoms with Crippen LogP contribution in [0.3, 0.4) is 0 Å². The van der Waals surface area contributed by atoms with Gasteiger partial charge in [-0.25, -0.2) is 4.79 Å². The molecule has 1 N–H and O–H groups in total. The molecule has 0 aromatic heterocycles. The van der Waals surface area contributed by atoms with Crippen LogP contribution >= 0.6 is 0 Å². The maximum Gasteiger partial charge on any atom is 0.330 e. The van der Waals surface area contributed by atoms with Crippen molar-refractivity contribution in [1.82, 2.24) is 0 Å². The minimum Gasteiger partial charge on any atom is -0.494 e. The molecular formula is C23H27NO4. The summed E-state index contributed by atoms with van der Waals surface area (Å²) in [6.07, 6.45) is 5.05. The molecule has 148 valence electrons. The predicted molar refractivity (Wildman–Crippen MR) is 110 cm³/mol. The van der Waals surface area contributed by atoms with Gasteiger partial charge in [0.1, 0.15) is 5.75 Å². The topological polar surface area (TPSA) is 79.5 Å². The fraction of sp³-hybridized carbons (Fsp3) is 0.304. The smallest absolute Gasteiger partial charge is 0.330 e. The van der Waals surface area contributed by atoms with Crippen LogP contribution in [0.1, 0.15) is 31.2 Å². The molecule has 28 heavy (non-hydrogen) atoms. The number of benzene rings is 2. The SMILES string of the molecule is C=CC(=O)OCCCCCCOc1ccc(-c2ccc(C#N)cc2)cc1.CO. The van der Waals surface area contributed by atoms with E-state index < -0.39 is 0 Å². The Labute approximate surface area is 166 Å². The van der Waals surface area contributed by atoms with E-state index in [1.165, 1.54) is 6.08 Å². The molecule has 5 nitrogen and oxygen atoms in total. The van der Waals surface area contributed by atoms with Crippen LogP contribution in [0.2, 0.25) is 0 Å². The van der Waals surface area contributed by atoms with Crippen LogP contribution in [0.5, 0.6) is 5.75 Å². The maximum absolute atomic E-state index is 10.9. The van der Waals surface area contributed by atoms with E-state index in [0.717, 1.165) is 49.7 Å². The van der Waals surface area contributed by atoms with Crippen molar-refractivity contribution in [3.63, 3.8) is 0 Å². The van der Waals surface area contributed by atoms with Crippen molar-refractivity contribution in [1.29, 1.82) is 5.26 Å². The Morgan fingerprint density at radius 1 is 0.964 bits per heavy atom. The summed E-state index contributed by atoms with van der Waals surface area (Å²) < 4.78 is 10.7. The zero-order valence-corrected chi connectivity index (χ0v) is 16.3. The number of hydrogen-bond acceptors (Lipinski definition) is 5. The number of carbonyl (C=O) groups excluding carboxylic acids is 1. The number of nitriles is 1. The summed E-state index contributed by atoms with van der Waals surface area (Å²) in [4.78, 5) is 10.9. The minimum atomic E-state index is -0.363. The van der Waals surface area contributed by atoms with Crippen LogP contribution in [0.25, 0.3) is 11.1 Å². The van der Waals surface area contributed by atoms with Crippen LogP contribution in [-0.2, 0) is 9.53 Å². The maximum atomic E-state index is 10.9. The molecular weight excluding hydrogens is 354 g/mol. The average Bonchev–Trinajstić information content (AvgIpc) is 2.77. The lowest BCUT2D eigenvalue weighted by atomic mass is 10.0. The molecule has 2 rings (SSSR count). The Hall–Kier alpha value is -3.10. The lowest BCUT2D eigenvalue weighted by molar-refractivity contribution is -0.137. The van der Waals surface area contributed by atoms with Gasteiger partial charge in [-0.2, -0.15) is 5.26 Å². The second-order valence-corrected chi connectivity index (χ2v) is 5.85. The van der Waals surface area contributed by atoms with Gasteiger partial charge in [-0.05, 0) is 61.1 Å². The number of rotatable bonds is 10. The Morgan fingerprint density at radius 3 is 2.04 bits per heavy atom. The Balaban J connectivity index is 0.00000190. The van der Waals surface area contributed by atoms with Gasteiger partial charge in [0.2, 0.25) is 0 Å². The van der Waals surface area contributed by atoms with Crippen LogP contribution in [0, 0.1) is 11.3 Å². The molecule has 0 aliphatic heterocycles.